The summed E-state index contributed by atoms with van der Waals surface area (Å²) < 4.78 is 0. The molecular formula is C26H29N2O2+. The normalized spacial score (nSPS) is 12.7. The minimum absolute atomic E-state index is 0.0162. The molecule has 0 unspecified atom stereocenters. The van der Waals surface area contributed by atoms with Crippen molar-refractivity contribution in [2.75, 3.05) is 6.54 Å². The quantitative estimate of drug-likeness (QED) is 0.579. The molecule has 4 heteroatoms. The number of nitrogens with two attached hydrogens (primary N) is 1. The van der Waals surface area contributed by atoms with Crippen LogP contribution in [-0.2, 0) is 16.0 Å². The Labute approximate surface area is 178 Å². The SMILES string of the molecule is CC(=O)[C@@H](Cc1ccccc1)NC(=O)C[NH2+][C@H](c1ccccc1)c1ccc(C)cc1. The van der Waals surface area contributed by atoms with Crippen LogP contribution in [0.2, 0.25) is 0 Å². The number of hydrogen-bond acceptors (Lipinski definition) is 2. The van der Waals surface area contributed by atoms with Crippen LogP contribution in [0.3, 0.4) is 0 Å². The predicted molar refractivity (Wildman–Crippen MR) is 119 cm³/mol. The maximum absolute atomic E-state index is 12.7. The van der Waals surface area contributed by atoms with E-state index < -0.39 is 6.04 Å². The molecule has 1 amide bonds. The first-order valence-corrected chi connectivity index (χ1v) is 10.3. The summed E-state index contributed by atoms with van der Waals surface area (Å²) in [6, 6.07) is 27.8. The van der Waals surface area contributed by atoms with Crippen molar-refractivity contribution in [2.24, 2.45) is 0 Å². The summed E-state index contributed by atoms with van der Waals surface area (Å²) in [6.07, 6.45) is 0.502. The Hall–Kier alpha value is -3.24. The highest BCUT2D eigenvalue weighted by Gasteiger charge is 2.22. The van der Waals surface area contributed by atoms with E-state index in [0.29, 0.717) is 6.42 Å². The van der Waals surface area contributed by atoms with Crippen molar-refractivity contribution in [1.82, 2.24) is 5.32 Å². The minimum atomic E-state index is -0.511. The van der Waals surface area contributed by atoms with Gasteiger partial charge in [0.2, 0.25) is 0 Å². The van der Waals surface area contributed by atoms with E-state index in [1.807, 2.05) is 53.8 Å². The molecule has 3 N–H and O–H groups in total. The lowest BCUT2D eigenvalue weighted by Crippen LogP contribution is -2.88. The second-order valence-electron chi connectivity index (χ2n) is 7.66. The van der Waals surface area contributed by atoms with Crippen LogP contribution in [0.5, 0.6) is 0 Å². The maximum Gasteiger partial charge on any atom is 0.275 e. The number of nitrogens with one attached hydrogen (secondary N) is 1. The molecular weight excluding hydrogens is 372 g/mol. The van der Waals surface area contributed by atoms with Crippen molar-refractivity contribution in [1.29, 1.82) is 0 Å². The van der Waals surface area contributed by atoms with Crippen molar-refractivity contribution in [3.8, 4) is 0 Å². The molecule has 3 aromatic rings. The minimum Gasteiger partial charge on any atom is -0.341 e. The van der Waals surface area contributed by atoms with Gasteiger partial charge in [-0.2, -0.15) is 0 Å². The van der Waals surface area contributed by atoms with Gasteiger partial charge in [-0.15, -0.1) is 0 Å². The molecule has 3 rings (SSSR count). The lowest BCUT2D eigenvalue weighted by Gasteiger charge is -2.19. The van der Waals surface area contributed by atoms with Crippen LogP contribution in [0.15, 0.2) is 84.9 Å². The van der Waals surface area contributed by atoms with Crippen LogP contribution in [-0.4, -0.2) is 24.3 Å². The molecule has 0 saturated heterocycles. The van der Waals surface area contributed by atoms with Gasteiger partial charge in [0.15, 0.2) is 12.3 Å². The van der Waals surface area contributed by atoms with E-state index in [0.717, 1.165) is 16.7 Å². The summed E-state index contributed by atoms with van der Waals surface area (Å²) in [5, 5.41) is 4.94. The van der Waals surface area contributed by atoms with Gasteiger partial charge in [0.1, 0.15) is 6.04 Å². The van der Waals surface area contributed by atoms with Crippen molar-refractivity contribution in [2.45, 2.75) is 32.4 Å². The van der Waals surface area contributed by atoms with Gasteiger partial charge < -0.3 is 10.6 Å². The molecule has 0 radical (unpaired) electrons. The lowest BCUT2D eigenvalue weighted by molar-refractivity contribution is -0.676. The van der Waals surface area contributed by atoms with Crippen molar-refractivity contribution >= 4 is 11.7 Å². The van der Waals surface area contributed by atoms with Gasteiger partial charge in [0.25, 0.3) is 5.91 Å². The van der Waals surface area contributed by atoms with Gasteiger partial charge in [-0.05, 0) is 25.8 Å². The van der Waals surface area contributed by atoms with E-state index in [2.05, 4.69) is 48.6 Å². The molecule has 0 aliphatic rings. The van der Waals surface area contributed by atoms with Crippen molar-refractivity contribution in [3.05, 3.63) is 107 Å². The average Bonchev–Trinajstić information content (AvgIpc) is 2.76. The van der Waals surface area contributed by atoms with Crippen LogP contribution in [0.25, 0.3) is 0 Å². The third-order valence-corrected chi connectivity index (χ3v) is 5.24. The largest absolute Gasteiger partial charge is 0.341 e. The van der Waals surface area contributed by atoms with Gasteiger partial charge in [-0.3, -0.25) is 9.59 Å². The second kappa shape index (κ2) is 10.5. The number of amides is 1. The molecule has 2 atom stereocenters. The number of Topliss-reactive ketones (excluding diaryl/α,β-unsaturated/α-hetero) is 1. The maximum atomic E-state index is 12.7. The smallest absolute Gasteiger partial charge is 0.275 e. The molecule has 0 aliphatic heterocycles. The molecule has 0 saturated carbocycles. The number of hydrogen-bond donors (Lipinski definition) is 2. The molecule has 0 spiro atoms. The Balaban J connectivity index is 1.67. The summed E-state index contributed by atoms with van der Waals surface area (Å²) >= 11 is 0. The number of benzene rings is 3. The average molecular weight is 402 g/mol. The fourth-order valence-electron chi connectivity index (χ4n) is 3.52. The van der Waals surface area contributed by atoms with E-state index >= 15 is 0 Å². The Morgan fingerprint density at radius 2 is 1.40 bits per heavy atom. The van der Waals surface area contributed by atoms with Gasteiger partial charge >= 0.3 is 0 Å². The molecule has 0 fully saturated rings. The Kier molecular flexibility index (Phi) is 7.52. The number of carbonyl (C=O) groups excluding carboxylic acids is 2. The number of aryl methyl sites for hydroxylation is 1. The Bertz CT molecular complexity index is 953. The number of rotatable bonds is 9. The Morgan fingerprint density at radius 1 is 0.833 bits per heavy atom. The molecule has 3 aromatic carbocycles. The Morgan fingerprint density at radius 3 is 2.00 bits per heavy atom. The first-order chi connectivity index (χ1) is 14.5. The highest BCUT2D eigenvalue weighted by Crippen LogP contribution is 2.18. The summed E-state index contributed by atoms with van der Waals surface area (Å²) in [6.45, 7) is 3.83. The van der Waals surface area contributed by atoms with Gasteiger partial charge in [-0.25, -0.2) is 0 Å². The third-order valence-electron chi connectivity index (χ3n) is 5.24. The molecule has 0 aliphatic carbocycles. The summed E-state index contributed by atoms with van der Waals surface area (Å²) in [7, 11) is 0. The van der Waals surface area contributed by atoms with Gasteiger partial charge in [0.05, 0.1) is 6.04 Å². The number of ketones is 1. The topological polar surface area (TPSA) is 62.8 Å². The zero-order chi connectivity index (χ0) is 21.3. The zero-order valence-electron chi connectivity index (χ0n) is 17.5. The first kappa shape index (κ1) is 21.5. The monoisotopic (exact) mass is 401 g/mol. The van der Waals surface area contributed by atoms with Crippen LogP contribution in [0.4, 0.5) is 0 Å². The predicted octanol–water partition coefficient (Wildman–Crippen LogP) is 2.96. The van der Waals surface area contributed by atoms with Crippen LogP contribution in [0, 0.1) is 6.92 Å². The van der Waals surface area contributed by atoms with E-state index in [-0.39, 0.29) is 24.3 Å². The van der Waals surface area contributed by atoms with E-state index in [9.17, 15) is 9.59 Å². The summed E-state index contributed by atoms with van der Waals surface area (Å²) in [5.41, 5.74) is 4.52. The molecule has 4 nitrogen and oxygen atoms in total. The molecule has 0 bridgehead atoms. The molecule has 30 heavy (non-hydrogen) atoms. The first-order valence-electron chi connectivity index (χ1n) is 10.3. The highest BCUT2D eigenvalue weighted by molar-refractivity contribution is 5.88. The zero-order valence-corrected chi connectivity index (χ0v) is 17.5. The molecule has 0 aromatic heterocycles. The van der Waals surface area contributed by atoms with Crippen molar-refractivity contribution < 1.29 is 14.9 Å². The van der Waals surface area contributed by atoms with Crippen LogP contribution >= 0.6 is 0 Å². The van der Waals surface area contributed by atoms with Crippen molar-refractivity contribution in [3.63, 3.8) is 0 Å². The fourth-order valence-corrected chi connectivity index (χ4v) is 3.52. The fraction of sp³-hybridized carbons (Fsp3) is 0.231. The van der Waals surface area contributed by atoms with E-state index in [1.54, 1.807) is 0 Å². The van der Waals surface area contributed by atoms with Gasteiger partial charge in [-0.1, -0.05) is 90.5 Å². The van der Waals surface area contributed by atoms with Crippen LogP contribution < -0.4 is 10.6 Å². The molecule has 154 valence electrons. The molecule has 0 heterocycles. The highest BCUT2D eigenvalue weighted by atomic mass is 16.2. The number of carbonyl (C=O) groups is 2. The van der Waals surface area contributed by atoms with Crippen LogP contribution in [0.1, 0.15) is 35.2 Å². The van der Waals surface area contributed by atoms with Gasteiger partial charge in [0, 0.05) is 11.1 Å². The second-order valence-corrected chi connectivity index (χ2v) is 7.66. The van der Waals surface area contributed by atoms with E-state index in [4.69, 9.17) is 0 Å². The van der Waals surface area contributed by atoms with E-state index in [1.165, 1.54) is 12.5 Å². The summed E-state index contributed by atoms with van der Waals surface area (Å²) in [4.78, 5) is 24.7. The lowest BCUT2D eigenvalue weighted by atomic mass is 9.98. The standard InChI is InChI=1S/C26H28N2O2/c1-19-13-15-23(16-14-19)26(22-11-7-4-8-12-22)27-18-25(30)28-24(20(2)29)17-21-9-5-3-6-10-21/h3-16,24,26-27H,17-18H2,1-2H3,(H,28,30)/p+1/t24-,26-/m1/s1. The number of quaternary nitrogens is 1. The third kappa shape index (κ3) is 6.13. The summed E-state index contributed by atoms with van der Waals surface area (Å²) in [5.74, 6) is -0.176.